The SMILES string of the molecule is C=CCC[C@H](CN1CCOCC1)Oc1cc(C)nc(N2CCCC2)n1. The number of ether oxygens (including phenoxy) is 2. The van der Waals surface area contributed by atoms with Gasteiger partial charge in [-0.1, -0.05) is 6.08 Å². The van der Waals surface area contributed by atoms with Crippen molar-refractivity contribution in [1.29, 1.82) is 0 Å². The minimum Gasteiger partial charge on any atom is -0.473 e. The first-order valence-corrected chi connectivity index (χ1v) is 9.43. The third kappa shape index (κ3) is 5.41. The Bertz CT molecular complexity index is 554. The molecule has 25 heavy (non-hydrogen) atoms. The molecule has 3 rings (SSSR count). The Labute approximate surface area is 150 Å². The second-order valence-electron chi connectivity index (χ2n) is 6.86. The van der Waals surface area contributed by atoms with Crippen molar-refractivity contribution in [3.05, 3.63) is 24.4 Å². The Morgan fingerprint density at radius 1 is 1.24 bits per heavy atom. The monoisotopic (exact) mass is 346 g/mol. The molecule has 1 aromatic heterocycles. The van der Waals surface area contributed by atoms with Gasteiger partial charge in [0.1, 0.15) is 6.10 Å². The Morgan fingerprint density at radius 3 is 2.72 bits per heavy atom. The highest BCUT2D eigenvalue weighted by Crippen LogP contribution is 2.21. The summed E-state index contributed by atoms with van der Waals surface area (Å²) in [6.07, 6.45) is 6.38. The lowest BCUT2D eigenvalue weighted by molar-refractivity contribution is 0.0174. The van der Waals surface area contributed by atoms with Crippen molar-refractivity contribution in [2.24, 2.45) is 0 Å². The second-order valence-corrected chi connectivity index (χ2v) is 6.86. The molecule has 0 unspecified atom stereocenters. The van der Waals surface area contributed by atoms with Crippen LogP contribution in [0.2, 0.25) is 0 Å². The lowest BCUT2D eigenvalue weighted by atomic mass is 10.1. The van der Waals surface area contributed by atoms with Gasteiger partial charge in [0.05, 0.1) is 13.2 Å². The first-order valence-electron chi connectivity index (χ1n) is 9.43. The lowest BCUT2D eigenvalue weighted by Gasteiger charge is -2.30. The summed E-state index contributed by atoms with van der Waals surface area (Å²) in [6, 6.07) is 1.94. The standard InChI is InChI=1S/C19H30N4O2/c1-3-4-7-17(15-22-10-12-24-13-11-22)25-18-14-16(2)20-19(21-18)23-8-5-6-9-23/h3,14,17H,1,4-13,15H2,2H3/t17-/m1/s1. The van der Waals surface area contributed by atoms with Crippen LogP contribution in [0.4, 0.5) is 5.95 Å². The topological polar surface area (TPSA) is 50.7 Å². The maximum Gasteiger partial charge on any atom is 0.228 e. The summed E-state index contributed by atoms with van der Waals surface area (Å²) in [4.78, 5) is 13.9. The van der Waals surface area contributed by atoms with E-state index in [-0.39, 0.29) is 6.10 Å². The third-order valence-electron chi connectivity index (χ3n) is 4.75. The van der Waals surface area contributed by atoms with Crippen molar-refractivity contribution in [2.75, 3.05) is 50.8 Å². The molecule has 0 bridgehead atoms. The summed E-state index contributed by atoms with van der Waals surface area (Å²) in [5.74, 6) is 1.50. The van der Waals surface area contributed by atoms with Crippen LogP contribution in [-0.2, 0) is 4.74 Å². The van der Waals surface area contributed by atoms with Crippen LogP contribution in [0.1, 0.15) is 31.4 Å². The Kier molecular flexibility index (Phi) is 6.64. The van der Waals surface area contributed by atoms with Gasteiger partial charge in [-0.15, -0.1) is 6.58 Å². The summed E-state index contributed by atoms with van der Waals surface area (Å²) >= 11 is 0. The molecule has 0 spiro atoms. The van der Waals surface area contributed by atoms with Crippen LogP contribution < -0.4 is 9.64 Å². The van der Waals surface area contributed by atoms with E-state index in [1.165, 1.54) is 12.8 Å². The van der Waals surface area contributed by atoms with E-state index < -0.39 is 0 Å². The summed E-state index contributed by atoms with van der Waals surface area (Å²) in [5.41, 5.74) is 0.959. The third-order valence-corrected chi connectivity index (χ3v) is 4.75. The molecule has 138 valence electrons. The smallest absolute Gasteiger partial charge is 0.228 e. The molecule has 0 amide bonds. The van der Waals surface area contributed by atoms with Crippen LogP contribution in [0, 0.1) is 6.92 Å². The molecule has 6 heteroatoms. The fourth-order valence-electron chi connectivity index (χ4n) is 3.38. The van der Waals surface area contributed by atoms with E-state index in [2.05, 4.69) is 26.3 Å². The second kappa shape index (κ2) is 9.15. The number of allylic oxidation sites excluding steroid dienone is 1. The Hall–Kier alpha value is -1.66. The average Bonchev–Trinajstić information content (AvgIpc) is 3.15. The molecule has 2 aliphatic rings. The van der Waals surface area contributed by atoms with Gasteiger partial charge in [0.25, 0.3) is 0 Å². The molecule has 0 N–H and O–H groups in total. The number of hydrogen-bond donors (Lipinski definition) is 0. The van der Waals surface area contributed by atoms with E-state index in [0.717, 1.165) is 70.4 Å². The van der Waals surface area contributed by atoms with Crippen molar-refractivity contribution in [1.82, 2.24) is 14.9 Å². The van der Waals surface area contributed by atoms with Crippen molar-refractivity contribution >= 4 is 5.95 Å². The van der Waals surface area contributed by atoms with Crippen LogP contribution in [0.15, 0.2) is 18.7 Å². The molecule has 1 aromatic rings. The zero-order valence-corrected chi connectivity index (χ0v) is 15.3. The maximum atomic E-state index is 6.29. The molecule has 3 heterocycles. The number of aryl methyl sites for hydroxylation is 1. The molecule has 1 atom stereocenters. The predicted octanol–water partition coefficient (Wildman–Crippen LogP) is 2.43. The number of hydrogen-bond acceptors (Lipinski definition) is 6. The van der Waals surface area contributed by atoms with E-state index in [4.69, 9.17) is 9.47 Å². The van der Waals surface area contributed by atoms with E-state index in [9.17, 15) is 0 Å². The van der Waals surface area contributed by atoms with Crippen LogP contribution in [0.25, 0.3) is 0 Å². The number of aromatic nitrogens is 2. The first-order chi connectivity index (χ1) is 12.2. The largest absolute Gasteiger partial charge is 0.473 e. The fraction of sp³-hybridized carbons (Fsp3) is 0.684. The normalized spacial score (nSPS) is 19.8. The molecular weight excluding hydrogens is 316 g/mol. The number of anilines is 1. The Morgan fingerprint density at radius 2 is 2.00 bits per heavy atom. The lowest BCUT2D eigenvalue weighted by Crippen LogP contribution is -2.42. The molecule has 0 radical (unpaired) electrons. The van der Waals surface area contributed by atoms with E-state index in [1.54, 1.807) is 0 Å². The first kappa shape index (κ1) is 18.1. The molecule has 0 saturated carbocycles. The average molecular weight is 346 g/mol. The molecule has 0 aliphatic carbocycles. The predicted molar refractivity (Wildman–Crippen MR) is 99.3 cm³/mol. The molecular formula is C19H30N4O2. The van der Waals surface area contributed by atoms with E-state index >= 15 is 0 Å². The zero-order valence-electron chi connectivity index (χ0n) is 15.3. The summed E-state index contributed by atoms with van der Waals surface area (Å²) in [5, 5.41) is 0. The van der Waals surface area contributed by atoms with Crippen LogP contribution >= 0.6 is 0 Å². The van der Waals surface area contributed by atoms with Crippen molar-refractivity contribution in [3.8, 4) is 5.88 Å². The minimum absolute atomic E-state index is 0.108. The van der Waals surface area contributed by atoms with Crippen molar-refractivity contribution in [3.63, 3.8) is 0 Å². The van der Waals surface area contributed by atoms with Crippen molar-refractivity contribution in [2.45, 2.75) is 38.7 Å². The highest BCUT2D eigenvalue weighted by molar-refractivity contribution is 5.35. The van der Waals surface area contributed by atoms with Crippen LogP contribution in [0.3, 0.4) is 0 Å². The van der Waals surface area contributed by atoms with Gasteiger partial charge in [0.2, 0.25) is 11.8 Å². The number of rotatable bonds is 8. The molecule has 2 fully saturated rings. The summed E-state index contributed by atoms with van der Waals surface area (Å²) in [6.45, 7) is 12.4. The van der Waals surface area contributed by atoms with Gasteiger partial charge >= 0.3 is 0 Å². The van der Waals surface area contributed by atoms with Gasteiger partial charge in [0.15, 0.2) is 0 Å². The van der Waals surface area contributed by atoms with Gasteiger partial charge < -0.3 is 14.4 Å². The molecule has 6 nitrogen and oxygen atoms in total. The quantitative estimate of drug-likeness (QED) is 0.674. The zero-order chi connectivity index (χ0) is 17.5. The van der Waals surface area contributed by atoms with Crippen LogP contribution in [-0.4, -0.2) is 66.9 Å². The maximum absolute atomic E-state index is 6.29. The Balaban J connectivity index is 1.67. The van der Waals surface area contributed by atoms with Gasteiger partial charge in [0, 0.05) is 44.5 Å². The van der Waals surface area contributed by atoms with E-state index in [0.29, 0.717) is 5.88 Å². The van der Waals surface area contributed by atoms with Crippen molar-refractivity contribution < 1.29 is 9.47 Å². The highest BCUT2D eigenvalue weighted by atomic mass is 16.5. The summed E-state index contributed by atoms with van der Waals surface area (Å²) in [7, 11) is 0. The highest BCUT2D eigenvalue weighted by Gasteiger charge is 2.20. The van der Waals surface area contributed by atoms with Gasteiger partial charge in [-0.25, -0.2) is 4.98 Å². The molecule has 2 aliphatic heterocycles. The fourth-order valence-corrected chi connectivity index (χ4v) is 3.38. The molecule has 0 aromatic carbocycles. The minimum atomic E-state index is 0.108. The van der Waals surface area contributed by atoms with Gasteiger partial charge in [-0.05, 0) is 32.6 Å². The van der Waals surface area contributed by atoms with Gasteiger partial charge in [-0.3, -0.25) is 4.90 Å². The van der Waals surface area contributed by atoms with Gasteiger partial charge in [-0.2, -0.15) is 4.98 Å². The number of nitrogens with zero attached hydrogens (tertiary/aromatic N) is 4. The van der Waals surface area contributed by atoms with E-state index in [1.807, 2.05) is 19.1 Å². The number of morpholine rings is 1. The summed E-state index contributed by atoms with van der Waals surface area (Å²) < 4.78 is 11.7. The van der Waals surface area contributed by atoms with Crippen LogP contribution in [0.5, 0.6) is 5.88 Å². The molecule has 2 saturated heterocycles.